The Bertz CT molecular complexity index is 1160. The van der Waals surface area contributed by atoms with E-state index in [-0.39, 0.29) is 12.1 Å². The Morgan fingerprint density at radius 3 is 2.58 bits per heavy atom. The number of aryl methyl sites for hydroxylation is 1. The fourth-order valence-corrected chi connectivity index (χ4v) is 5.09. The van der Waals surface area contributed by atoms with Crippen LogP contribution in [0.25, 0.3) is 5.69 Å². The molecule has 8 nitrogen and oxygen atoms in total. The predicted octanol–water partition coefficient (Wildman–Crippen LogP) is 4.05. The van der Waals surface area contributed by atoms with Gasteiger partial charge in [-0.15, -0.1) is 0 Å². The van der Waals surface area contributed by atoms with Crippen LogP contribution in [-0.2, 0) is 6.54 Å². The van der Waals surface area contributed by atoms with Gasteiger partial charge in [-0.05, 0) is 56.3 Å². The summed E-state index contributed by atoms with van der Waals surface area (Å²) < 4.78 is 8.10. The molecule has 2 saturated heterocycles. The SMILES string of the molecule is CN[C@H]1CCN(Cc2cc(NC(=O)N3CCC(Oc4ccccc4)CC3)cc(-n3cnc(C)c3)c2)C1. The fraction of sp³-hybridized carbons (Fsp3) is 0.429. The standard InChI is InChI=1S/C28H36N6O2/c1-21-17-34(20-30-21)25-15-22(18-32-11-8-23(19-32)29-2)14-24(16-25)31-28(35)33-12-9-27(10-13-33)36-26-6-4-3-5-7-26/h3-7,14-17,20,23,27,29H,8-13,18-19H2,1-2H3,(H,31,35)/t23-/m0/s1. The van der Waals surface area contributed by atoms with Crippen LogP contribution in [0.2, 0.25) is 0 Å². The first kappa shape index (κ1) is 24.3. The van der Waals surface area contributed by atoms with Gasteiger partial charge >= 0.3 is 6.03 Å². The van der Waals surface area contributed by atoms with E-state index in [0.29, 0.717) is 19.1 Å². The van der Waals surface area contributed by atoms with Gasteiger partial charge < -0.3 is 24.8 Å². The van der Waals surface area contributed by atoms with Crippen LogP contribution in [0, 0.1) is 6.92 Å². The number of likely N-dealkylation sites (tertiary alicyclic amines) is 2. The van der Waals surface area contributed by atoms with Gasteiger partial charge in [-0.1, -0.05) is 18.2 Å². The van der Waals surface area contributed by atoms with E-state index in [2.05, 4.69) is 32.7 Å². The van der Waals surface area contributed by atoms with Crippen molar-refractivity contribution >= 4 is 11.7 Å². The van der Waals surface area contributed by atoms with E-state index in [0.717, 1.165) is 61.7 Å². The number of benzene rings is 2. The Morgan fingerprint density at radius 1 is 1.08 bits per heavy atom. The molecule has 0 spiro atoms. The third-order valence-corrected chi connectivity index (χ3v) is 7.10. The van der Waals surface area contributed by atoms with Gasteiger partial charge in [0.05, 0.1) is 12.0 Å². The average Bonchev–Trinajstić information content (AvgIpc) is 3.53. The molecule has 2 aliphatic heterocycles. The summed E-state index contributed by atoms with van der Waals surface area (Å²) in [5.41, 5.74) is 3.96. The number of amides is 2. The van der Waals surface area contributed by atoms with Gasteiger partial charge in [0, 0.05) is 69.2 Å². The summed E-state index contributed by atoms with van der Waals surface area (Å²) in [5.74, 6) is 0.888. The number of piperidine rings is 1. The van der Waals surface area contributed by atoms with Crippen LogP contribution in [0.5, 0.6) is 5.75 Å². The molecule has 36 heavy (non-hydrogen) atoms. The van der Waals surface area contributed by atoms with Crippen molar-refractivity contribution in [2.45, 2.75) is 44.9 Å². The van der Waals surface area contributed by atoms with Crippen LogP contribution in [0.15, 0.2) is 61.1 Å². The maximum Gasteiger partial charge on any atom is 0.321 e. The maximum absolute atomic E-state index is 13.2. The van der Waals surface area contributed by atoms with E-state index < -0.39 is 0 Å². The van der Waals surface area contributed by atoms with E-state index in [1.54, 1.807) is 0 Å². The number of carbonyl (C=O) groups is 1. The highest BCUT2D eigenvalue weighted by atomic mass is 16.5. The molecule has 2 aliphatic rings. The molecule has 0 saturated carbocycles. The summed E-state index contributed by atoms with van der Waals surface area (Å²) in [4.78, 5) is 21.9. The molecule has 0 aliphatic carbocycles. The van der Waals surface area contributed by atoms with Crippen LogP contribution in [0.3, 0.4) is 0 Å². The van der Waals surface area contributed by atoms with E-state index in [4.69, 9.17) is 4.74 Å². The lowest BCUT2D eigenvalue weighted by Crippen LogP contribution is -2.43. The molecule has 8 heteroatoms. The minimum atomic E-state index is -0.0607. The largest absolute Gasteiger partial charge is 0.490 e. The quantitative estimate of drug-likeness (QED) is 0.525. The average molecular weight is 489 g/mol. The molecule has 0 radical (unpaired) electrons. The number of hydrogen-bond donors (Lipinski definition) is 2. The van der Waals surface area contributed by atoms with Crippen LogP contribution in [0.1, 0.15) is 30.5 Å². The van der Waals surface area contributed by atoms with Crippen molar-refractivity contribution in [3.8, 4) is 11.4 Å². The molecule has 2 fully saturated rings. The number of hydrogen-bond acceptors (Lipinski definition) is 5. The number of aromatic nitrogens is 2. The van der Waals surface area contributed by atoms with Gasteiger partial charge in [0.25, 0.3) is 0 Å². The van der Waals surface area contributed by atoms with Crippen molar-refractivity contribution in [2.75, 3.05) is 38.5 Å². The van der Waals surface area contributed by atoms with Gasteiger partial charge in [-0.2, -0.15) is 0 Å². The molecule has 0 bridgehead atoms. The lowest BCUT2D eigenvalue weighted by Gasteiger charge is -2.32. The van der Waals surface area contributed by atoms with Crippen molar-refractivity contribution < 1.29 is 9.53 Å². The summed E-state index contributed by atoms with van der Waals surface area (Å²) in [6.07, 6.45) is 6.77. The molecular weight excluding hydrogens is 452 g/mol. The lowest BCUT2D eigenvalue weighted by molar-refractivity contribution is 0.115. The van der Waals surface area contributed by atoms with E-state index in [1.165, 1.54) is 5.56 Å². The van der Waals surface area contributed by atoms with Crippen LogP contribution < -0.4 is 15.4 Å². The predicted molar refractivity (Wildman–Crippen MR) is 142 cm³/mol. The number of imidazole rings is 1. The molecule has 3 aromatic rings. The molecule has 2 amide bonds. The van der Waals surface area contributed by atoms with Crippen molar-refractivity contribution in [2.24, 2.45) is 0 Å². The zero-order valence-electron chi connectivity index (χ0n) is 21.2. The Labute approximate surface area is 213 Å². The molecule has 5 rings (SSSR count). The van der Waals surface area contributed by atoms with Gasteiger partial charge in [0.15, 0.2) is 0 Å². The number of nitrogens with zero attached hydrogens (tertiary/aromatic N) is 4. The van der Waals surface area contributed by atoms with Crippen LogP contribution in [-0.4, -0.2) is 70.8 Å². The third-order valence-electron chi connectivity index (χ3n) is 7.10. The number of ether oxygens (including phenoxy) is 1. The Morgan fingerprint density at radius 2 is 1.89 bits per heavy atom. The molecular formula is C28H36N6O2. The number of urea groups is 1. The highest BCUT2D eigenvalue weighted by molar-refractivity contribution is 5.89. The Balaban J connectivity index is 1.25. The lowest BCUT2D eigenvalue weighted by atomic mass is 10.1. The molecule has 2 N–H and O–H groups in total. The molecule has 0 unspecified atom stereocenters. The topological polar surface area (TPSA) is 74.7 Å². The van der Waals surface area contributed by atoms with Crippen molar-refractivity contribution in [1.29, 1.82) is 0 Å². The summed E-state index contributed by atoms with van der Waals surface area (Å²) in [6.45, 7) is 6.29. The molecule has 2 aromatic carbocycles. The first-order valence-electron chi connectivity index (χ1n) is 12.9. The Hall–Kier alpha value is -3.36. The first-order chi connectivity index (χ1) is 17.6. The first-order valence-corrected chi connectivity index (χ1v) is 12.9. The summed E-state index contributed by atoms with van der Waals surface area (Å²) in [5, 5.41) is 6.54. The Kier molecular flexibility index (Phi) is 7.53. The second-order valence-corrected chi connectivity index (χ2v) is 9.87. The highest BCUT2D eigenvalue weighted by Crippen LogP contribution is 2.24. The monoisotopic (exact) mass is 488 g/mol. The second kappa shape index (κ2) is 11.1. The minimum Gasteiger partial charge on any atom is -0.490 e. The number of nitrogens with one attached hydrogen (secondary N) is 2. The number of para-hydroxylation sites is 1. The van der Waals surface area contributed by atoms with Gasteiger partial charge in [-0.3, -0.25) is 4.90 Å². The van der Waals surface area contributed by atoms with Gasteiger partial charge in [0.2, 0.25) is 0 Å². The summed E-state index contributed by atoms with van der Waals surface area (Å²) in [6, 6.07) is 16.7. The zero-order valence-corrected chi connectivity index (χ0v) is 21.2. The van der Waals surface area contributed by atoms with E-state index in [1.807, 2.05) is 72.4 Å². The number of rotatable bonds is 7. The number of anilines is 1. The molecule has 3 heterocycles. The highest BCUT2D eigenvalue weighted by Gasteiger charge is 2.25. The zero-order chi connectivity index (χ0) is 24.9. The van der Waals surface area contributed by atoms with E-state index >= 15 is 0 Å². The van der Waals surface area contributed by atoms with Crippen molar-refractivity contribution in [1.82, 2.24) is 24.7 Å². The van der Waals surface area contributed by atoms with Crippen molar-refractivity contribution in [3.05, 3.63) is 72.3 Å². The van der Waals surface area contributed by atoms with Crippen LogP contribution in [0.4, 0.5) is 10.5 Å². The second-order valence-electron chi connectivity index (χ2n) is 9.87. The maximum atomic E-state index is 13.2. The molecule has 1 atom stereocenters. The molecule has 190 valence electrons. The minimum absolute atomic E-state index is 0.0607. The van der Waals surface area contributed by atoms with Gasteiger partial charge in [-0.25, -0.2) is 9.78 Å². The van der Waals surface area contributed by atoms with E-state index in [9.17, 15) is 4.79 Å². The fourth-order valence-electron chi connectivity index (χ4n) is 5.09. The third kappa shape index (κ3) is 6.06. The number of carbonyl (C=O) groups excluding carboxylic acids is 1. The number of likely N-dealkylation sites (N-methyl/N-ethyl adjacent to an activating group) is 1. The summed E-state index contributed by atoms with van der Waals surface area (Å²) >= 11 is 0. The van der Waals surface area contributed by atoms with Crippen LogP contribution >= 0.6 is 0 Å². The normalized spacial score (nSPS) is 18.9. The van der Waals surface area contributed by atoms with Gasteiger partial charge in [0.1, 0.15) is 11.9 Å². The summed E-state index contributed by atoms with van der Waals surface area (Å²) in [7, 11) is 2.03. The van der Waals surface area contributed by atoms with Crippen molar-refractivity contribution in [3.63, 3.8) is 0 Å². The molecule has 1 aromatic heterocycles. The smallest absolute Gasteiger partial charge is 0.321 e.